The fourth-order valence-corrected chi connectivity index (χ4v) is 2.12. The van der Waals surface area contributed by atoms with Crippen LogP contribution in [-0.2, 0) is 9.63 Å². The molecule has 132 valence electrons. The molecule has 0 aromatic heterocycles. The van der Waals surface area contributed by atoms with Gasteiger partial charge in [0.05, 0.1) is 20.4 Å². The number of amides is 1. The number of nitrogens with one attached hydrogen (secondary N) is 1. The Kier molecular flexibility index (Phi) is 6.39. The van der Waals surface area contributed by atoms with Gasteiger partial charge in [-0.05, 0) is 37.1 Å². The summed E-state index contributed by atoms with van der Waals surface area (Å²) in [6, 6.07) is 12.9. The molecule has 0 radical (unpaired) electrons. The molecule has 0 bridgehead atoms. The van der Waals surface area contributed by atoms with Crippen molar-refractivity contribution < 1.29 is 19.1 Å². The number of ether oxygens (including phenoxy) is 2. The highest BCUT2D eigenvalue weighted by molar-refractivity contribution is 5.94. The zero-order valence-corrected chi connectivity index (χ0v) is 14.8. The maximum atomic E-state index is 12.2. The van der Waals surface area contributed by atoms with E-state index in [0.717, 1.165) is 11.1 Å². The summed E-state index contributed by atoms with van der Waals surface area (Å²) in [6.45, 7) is 3.61. The lowest BCUT2D eigenvalue weighted by molar-refractivity contribution is -0.126. The van der Waals surface area contributed by atoms with Gasteiger partial charge in [-0.1, -0.05) is 29.4 Å². The molecule has 0 heterocycles. The van der Waals surface area contributed by atoms with Gasteiger partial charge >= 0.3 is 0 Å². The average molecular weight is 342 g/mol. The van der Waals surface area contributed by atoms with Crippen molar-refractivity contribution in [1.29, 1.82) is 0 Å². The van der Waals surface area contributed by atoms with Crippen LogP contribution < -0.4 is 14.8 Å². The fraction of sp³-hybridized carbons (Fsp3) is 0.263. The van der Waals surface area contributed by atoms with E-state index in [-0.39, 0.29) is 5.91 Å². The molecule has 0 saturated carbocycles. The van der Waals surface area contributed by atoms with Crippen LogP contribution in [0, 0.1) is 6.92 Å². The summed E-state index contributed by atoms with van der Waals surface area (Å²) in [4.78, 5) is 17.4. The Balaban J connectivity index is 1.95. The van der Waals surface area contributed by atoms with Gasteiger partial charge in [0, 0.05) is 11.8 Å². The Morgan fingerprint density at radius 2 is 1.84 bits per heavy atom. The molecule has 0 spiro atoms. The molecule has 6 nitrogen and oxygen atoms in total. The summed E-state index contributed by atoms with van der Waals surface area (Å²) < 4.78 is 10.4. The number of nitrogens with zero attached hydrogens (tertiary/aromatic N) is 1. The molecule has 0 fully saturated rings. The largest absolute Gasteiger partial charge is 0.493 e. The number of aryl methyl sites for hydroxylation is 1. The van der Waals surface area contributed by atoms with Crippen LogP contribution in [0.2, 0.25) is 0 Å². The fourth-order valence-electron chi connectivity index (χ4n) is 2.12. The second kappa shape index (κ2) is 8.73. The summed E-state index contributed by atoms with van der Waals surface area (Å²) in [5.74, 6) is 0.813. The van der Waals surface area contributed by atoms with Gasteiger partial charge in [-0.3, -0.25) is 4.79 Å². The van der Waals surface area contributed by atoms with Crippen LogP contribution in [0.5, 0.6) is 11.5 Å². The third kappa shape index (κ3) is 4.97. The summed E-state index contributed by atoms with van der Waals surface area (Å²) in [5.41, 5.74) is 2.60. The van der Waals surface area contributed by atoms with Gasteiger partial charge < -0.3 is 19.6 Å². The monoisotopic (exact) mass is 342 g/mol. The van der Waals surface area contributed by atoms with Gasteiger partial charge in [0.2, 0.25) is 6.10 Å². The van der Waals surface area contributed by atoms with Crippen molar-refractivity contribution in [3.8, 4) is 11.5 Å². The topological polar surface area (TPSA) is 69.2 Å². The maximum Gasteiger partial charge on any atom is 0.267 e. The lowest BCUT2D eigenvalue weighted by atomic mass is 10.1. The van der Waals surface area contributed by atoms with Gasteiger partial charge in [-0.2, -0.15) is 0 Å². The first-order chi connectivity index (χ1) is 12.0. The summed E-state index contributed by atoms with van der Waals surface area (Å²) in [5, 5.41) is 6.65. The van der Waals surface area contributed by atoms with E-state index in [0.29, 0.717) is 17.2 Å². The van der Waals surface area contributed by atoms with Crippen LogP contribution in [0.3, 0.4) is 0 Å². The molecular weight excluding hydrogens is 320 g/mol. The Morgan fingerprint density at radius 1 is 1.12 bits per heavy atom. The van der Waals surface area contributed by atoms with E-state index in [2.05, 4.69) is 10.5 Å². The van der Waals surface area contributed by atoms with Crippen LogP contribution in [-0.4, -0.2) is 32.4 Å². The third-order valence-electron chi connectivity index (χ3n) is 3.62. The third-order valence-corrected chi connectivity index (χ3v) is 3.62. The van der Waals surface area contributed by atoms with Crippen molar-refractivity contribution in [2.24, 2.45) is 5.16 Å². The molecule has 25 heavy (non-hydrogen) atoms. The molecule has 2 rings (SSSR count). The first kappa shape index (κ1) is 18.3. The van der Waals surface area contributed by atoms with Crippen molar-refractivity contribution in [2.75, 3.05) is 19.5 Å². The highest BCUT2D eigenvalue weighted by Gasteiger charge is 2.15. The molecule has 1 amide bonds. The van der Waals surface area contributed by atoms with Crippen molar-refractivity contribution in [1.82, 2.24) is 0 Å². The summed E-state index contributed by atoms with van der Waals surface area (Å²) in [6.07, 6.45) is 0.851. The number of benzene rings is 2. The second-order valence-electron chi connectivity index (χ2n) is 5.40. The Hall–Kier alpha value is -3.02. The standard InChI is InChI=1S/C19H22N2O4/c1-13-7-5-6-8-15(13)12-20-25-14(2)19(22)21-16-9-10-17(23-3)18(11-16)24-4/h5-12,14H,1-4H3,(H,21,22)/b20-12+. The number of oxime groups is 1. The lowest BCUT2D eigenvalue weighted by Crippen LogP contribution is -2.26. The van der Waals surface area contributed by atoms with Crippen molar-refractivity contribution >= 4 is 17.8 Å². The van der Waals surface area contributed by atoms with Crippen molar-refractivity contribution in [3.05, 3.63) is 53.6 Å². The van der Waals surface area contributed by atoms with Gasteiger partial charge in [0.25, 0.3) is 5.91 Å². The molecule has 6 heteroatoms. The number of methoxy groups -OCH3 is 2. The predicted molar refractivity (Wildman–Crippen MR) is 97.5 cm³/mol. The van der Waals surface area contributed by atoms with Gasteiger partial charge in [-0.25, -0.2) is 0 Å². The number of hydrogen-bond acceptors (Lipinski definition) is 5. The van der Waals surface area contributed by atoms with Crippen LogP contribution in [0.15, 0.2) is 47.6 Å². The lowest BCUT2D eigenvalue weighted by Gasteiger charge is -2.13. The Morgan fingerprint density at radius 3 is 2.52 bits per heavy atom. The van der Waals surface area contributed by atoms with E-state index in [1.54, 1.807) is 38.4 Å². The minimum Gasteiger partial charge on any atom is -0.493 e. The zero-order valence-electron chi connectivity index (χ0n) is 14.8. The minimum atomic E-state index is -0.742. The first-order valence-corrected chi connectivity index (χ1v) is 7.83. The predicted octanol–water partition coefficient (Wildman–Crippen LogP) is 3.39. The van der Waals surface area contributed by atoms with E-state index in [9.17, 15) is 4.79 Å². The second-order valence-corrected chi connectivity index (χ2v) is 5.40. The molecule has 0 aliphatic carbocycles. The summed E-state index contributed by atoms with van der Waals surface area (Å²) >= 11 is 0. The van der Waals surface area contributed by atoms with E-state index in [1.165, 1.54) is 7.11 Å². The smallest absolute Gasteiger partial charge is 0.267 e. The normalized spacial score (nSPS) is 11.8. The Bertz CT molecular complexity index is 759. The average Bonchev–Trinajstić information content (AvgIpc) is 2.63. The van der Waals surface area contributed by atoms with Crippen molar-refractivity contribution in [3.63, 3.8) is 0 Å². The molecule has 0 aliphatic heterocycles. The van der Waals surface area contributed by atoms with E-state index in [4.69, 9.17) is 14.3 Å². The van der Waals surface area contributed by atoms with Crippen molar-refractivity contribution in [2.45, 2.75) is 20.0 Å². The van der Waals surface area contributed by atoms with Crippen LogP contribution in [0.25, 0.3) is 0 Å². The number of carbonyl (C=O) groups excluding carboxylic acids is 1. The SMILES string of the molecule is COc1ccc(NC(=O)C(C)O/N=C/c2ccccc2C)cc1OC. The zero-order chi connectivity index (χ0) is 18.2. The highest BCUT2D eigenvalue weighted by atomic mass is 16.6. The molecular formula is C19H22N2O4. The molecule has 2 aromatic rings. The van der Waals surface area contributed by atoms with Crippen LogP contribution in [0.1, 0.15) is 18.1 Å². The highest BCUT2D eigenvalue weighted by Crippen LogP contribution is 2.29. The number of carbonyl (C=O) groups is 1. The number of rotatable bonds is 7. The molecule has 1 unspecified atom stereocenters. The minimum absolute atomic E-state index is 0.311. The van der Waals surface area contributed by atoms with Gasteiger partial charge in [-0.15, -0.1) is 0 Å². The molecule has 1 N–H and O–H groups in total. The van der Waals surface area contributed by atoms with Crippen LogP contribution in [0.4, 0.5) is 5.69 Å². The molecule has 1 atom stereocenters. The molecule has 2 aromatic carbocycles. The first-order valence-electron chi connectivity index (χ1n) is 7.83. The Labute approximate surface area is 147 Å². The number of anilines is 1. The molecule has 0 aliphatic rings. The van der Waals surface area contributed by atoms with E-state index < -0.39 is 6.10 Å². The van der Waals surface area contributed by atoms with E-state index in [1.807, 2.05) is 31.2 Å². The quantitative estimate of drug-likeness (QED) is 0.618. The van der Waals surface area contributed by atoms with E-state index >= 15 is 0 Å². The number of hydrogen-bond donors (Lipinski definition) is 1. The van der Waals surface area contributed by atoms with Gasteiger partial charge in [0.1, 0.15) is 0 Å². The maximum absolute atomic E-state index is 12.2. The molecule has 0 saturated heterocycles. The van der Waals surface area contributed by atoms with Crippen LogP contribution >= 0.6 is 0 Å². The summed E-state index contributed by atoms with van der Waals surface area (Å²) in [7, 11) is 3.09. The van der Waals surface area contributed by atoms with Gasteiger partial charge in [0.15, 0.2) is 11.5 Å².